The molecule has 28 heavy (non-hydrogen) atoms. The smallest absolute Gasteiger partial charge is 0.337 e. The van der Waals surface area contributed by atoms with Crippen molar-refractivity contribution in [2.24, 2.45) is 0 Å². The van der Waals surface area contributed by atoms with Gasteiger partial charge in [-0.1, -0.05) is 6.92 Å². The number of carboxylic acids is 1. The number of thiocarbonyl (C=S) groups is 1. The zero-order valence-electron chi connectivity index (χ0n) is 15.1. The Morgan fingerprint density at radius 2 is 1.86 bits per heavy atom. The number of carboxylic acid groups (broad SMARTS) is 1. The maximum atomic E-state index is 12.4. The van der Waals surface area contributed by atoms with Crippen LogP contribution in [-0.4, -0.2) is 28.2 Å². The van der Waals surface area contributed by atoms with Crippen LogP contribution in [0.15, 0.2) is 36.4 Å². The Balaban J connectivity index is 2.07. The van der Waals surface area contributed by atoms with Gasteiger partial charge >= 0.3 is 5.97 Å². The van der Waals surface area contributed by atoms with Crippen LogP contribution in [-0.2, 0) is 0 Å². The molecule has 0 fully saturated rings. The van der Waals surface area contributed by atoms with Gasteiger partial charge in [-0.2, -0.15) is 0 Å². The van der Waals surface area contributed by atoms with Crippen LogP contribution >= 0.6 is 57.4 Å². The van der Waals surface area contributed by atoms with Crippen LogP contribution in [0, 0.1) is 7.14 Å². The summed E-state index contributed by atoms with van der Waals surface area (Å²) in [5.74, 6) is -0.791. The fraction of sp³-hybridized carbons (Fsp3) is 0.211. The lowest BCUT2D eigenvalue weighted by Gasteiger charge is -2.15. The molecule has 0 aromatic heterocycles. The number of anilines is 1. The van der Waals surface area contributed by atoms with Crippen molar-refractivity contribution in [3.05, 3.63) is 54.7 Å². The molecule has 6 nitrogen and oxygen atoms in total. The van der Waals surface area contributed by atoms with E-state index in [1.165, 1.54) is 6.07 Å². The number of hydrogen-bond acceptors (Lipinski definition) is 4. The minimum Gasteiger partial charge on any atom is -0.491 e. The molecular weight excluding hydrogens is 606 g/mol. The highest BCUT2D eigenvalue weighted by molar-refractivity contribution is 14.1. The molecule has 0 aliphatic rings. The van der Waals surface area contributed by atoms with Crippen LogP contribution in [0.2, 0.25) is 0 Å². The van der Waals surface area contributed by atoms with Gasteiger partial charge in [0.2, 0.25) is 0 Å². The Labute approximate surface area is 195 Å². The van der Waals surface area contributed by atoms with E-state index in [1.807, 2.05) is 65.1 Å². The molecule has 0 bridgehead atoms. The van der Waals surface area contributed by atoms with E-state index >= 15 is 0 Å². The van der Waals surface area contributed by atoms with Crippen molar-refractivity contribution in [3.63, 3.8) is 0 Å². The topological polar surface area (TPSA) is 87.7 Å². The van der Waals surface area contributed by atoms with Crippen molar-refractivity contribution in [1.82, 2.24) is 5.32 Å². The molecule has 1 atom stereocenters. The van der Waals surface area contributed by atoms with Gasteiger partial charge in [-0.05, 0) is 107 Å². The second-order valence-corrected chi connectivity index (χ2v) is 8.70. The normalized spacial score (nSPS) is 11.4. The summed E-state index contributed by atoms with van der Waals surface area (Å²) >= 11 is 9.25. The van der Waals surface area contributed by atoms with Crippen molar-refractivity contribution in [3.8, 4) is 5.75 Å². The molecule has 0 heterocycles. The Bertz CT molecular complexity index is 904. The largest absolute Gasteiger partial charge is 0.491 e. The van der Waals surface area contributed by atoms with E-state index in [9.17, 15) is 14.7 Å². The van der Waals surface area contributed by atoms with Crippen molar-refractivity contribution in [2.75, 3.05) is 5.32 Å². The summed E-state index contributed by atoms with van der Waals surface area (Å²) in [6.45, 7) is 4.01. The van der Waals surface area contributed by atoms with E-state index in [0.29, 0.717) is 20.6 Å². The zero-order chi connectivity index (χ0) is 20.8. The summed E-state index contributed by atoms with van der Waals surface area (Å²) in [4.78, 5) is 23.9. The summed E-state index contributed by atoms with van der Waals surface area (Å²) in [5.41, 5.74) is 0.840. The fourth-order valence-electron chi connectivity index (χ4n) is 2.19. The van der Waals surface area contributed by atoms with Gasteiger partial charge in [0.1, 0.15) is 5.75 Å². The van der Waals surface area contributed by atoms with Gasteiger partial charge < -0.3 is 15.2 Å². The molecule has 3 N–H and O–H groups in total. The van der Waals surface area contributed by atoms with Gasteiger partial charge in [0.05, 0.1) is 17.4 Å². The van der Waals surface area contributed by atoms with Gasteiger partial charge in [-0.15, -0.1) is 0 Å². The molecule has 9 heteroatoms. The summed E-state index contributed by atoms with van der Waals surface area (Å²) < 4.78 is 7.17. The monoisotopic (exact) mass is 624 g/mol. The Morgan fingerprint density at radius 1 is 1.21 bits per heavy atom. The average molecular weight is 624 g/mol. The molecular formula is C19H18I2N2O4S. The Morgan fingerprint density at radius 3 is 2.43 bits per heavy atom. The highest BCUT2D eigenvalue weighted by atomic mass is 127. The first-order valence-corrected chi connectivity index (χ1v) is 10.9. The number of ether oxygens (including phenoxy) is 1. The number of carbonyl (C=O) groups excluding carboxylic acids is 1. The first kappa shape index (κ1) is 22.8. The minimum atomic E-state index is -1.08. The number of aromatic carboxylic acids is 1. The zero-order valence-corrected chi connectivity index (χ0v) is 20.2. The predicted molar refractivity (Wildman–Crippen MR) is 129 cm³/mol. The third kappa shape index (κ3) is 6.27. The fourth-order valence-corrected chi connectivity index (χ4v) is 4.36. The second kappa shape index (κ2) is 10.3. The quantitative estimate of drug-likeness (QED) is 0.314. The molecule has 1 amide bonds. The van der Waals surface area contributed by atoms with E-state index < -0.39 is 11.9 Å². The Hall–Kier alpha value is -1.47. The van der Waals surface area contributed by atoms with Gasteiger partial charge in [0.25, 0.3) is 5.91 Å². The molecule has 0 saturated carbocycles. The third-order valence-corrected chi connectivity index (χ3v) is 5.46. The predicted octanol–water partition coefficient (Wildman–Crippen LogP) is 4.90. The molecule has 0 aliphatic heterocycles. The summed E-state index contributed by atoms with van der Waals surface area (Å²) in [7, 11) is 0. The summed E-state index contributed by atoms with van der Waals surface area (Å²) in [5, 5.41) is 14.8. The van der Waals surface area contributed by atoms with Crippen molar-refractivity contribution in [1.29, 1.82) is 0 Å². The van der Waals surface area contributed by atoms with Gasteiger partial charge in [-0.3, -0.25) is 10.1 Å². The number of benzene rings is 2. The third-order valence-electron chi connectivity index (χ3n) is 3.78. The molecule has 2 aromatic rings. The maximum absolute atomic E-state index is 12.4. The average Bonchev–Trinajstić information content (AvgIpc) is 2.63. The summed E-state index contributed by atoms with van der Waals surface area (Å²) in [6.07, 6.45) is 0.981. The second-order valence-electron chi connectivity index (χ2n) is 5.88. The Kier molecular flexibility index (Phi) is 8.43. The summed E-state index contributed by atoms with van der Waals surface area (Å²) in [6, 6.07) is 10.1. The molecule has 0 radical (unpaired) electrons. The molecule has 1 unspecified atom stereocenters. The van der Waals surface area contributed by atoms with E-state index in [2.05, 4.69) is 10.6 Å². The van der Waals surface area contributed by atoms with Crippen LogP contribution in [0.4, 0.5) is 5.69 Å². The van der Waals surface area contributed by atoms with E-state index in [-0.39, 0.29) is 16.8 Å². The van der Waals surface area contributed by atoms with Crippen LogP contribution in [0.5, 0.6) is 5.75 Å². The van der Waals surface area contributed by atoms with E-state index in [1.54, 1.807) is 24.3 Å². The number of nitrogens with one attached hydrogen (secondary N) is 2. The van der Waals surface area contributed by atoms with E-state index in [0.717, 1.165) is 9.99 Å². The van der Waals surface area contributed by atoms with Gasteiger partial charge in [-0.25, -0.2) is 4.79 Å². The molecule has 2 aromatic carbocycles. The van der Waals surface area contributed by atoms with Crippen LogP contribution < -0.4 is 15.4 Å². The lowest BCUT2D eigenvalue weighted by atomic mass is 10.2. The van der Waals surface area contributed by atoms with Crippen molar-refractivity contribution < 1.29 is 19.4 Å². The van der Waals surface area contributed by atoms with E-state index in [4.69, 9.17) is 17.0 Å². The molecule has 2 rings (SSSR count). The molecule has 0 aliphatic carbocycles. The molecule has 0 spiro atoms. The number of carbonyl (C=O) groups is 2. The van der Waals surface area contributed by atoms with Gasteiger partial charge in [0, 0.05) is 12.7 Å². The molecule has 148 valence electrons. The highest BCUT2D eigenvalue weighted by Crippen LogP contribution is 2.26. The first-order valence-electron chi connectivity index (χ1n) is 8.32. The number of hydrogen-bond donors (Lipinski definition) is 3. The molecule has 0 saturated heterocycles. The standard InChI is InChI=1S/C19H18I2N2O4S/c1-3-10(2)27-13-6-4-11(5-7-13)17(24)23-19(28)22-16-14(18(25)26)8-12(20)9-15(16)21/h4-10H,3H2,1-2H3,(H,25,26)(H2,22,23,24,28). The number of amides is 1. The van der Waals surface area contributed by atoms with Gasteiger partial charge in [0.15, 0.2) is 5.11 Å². The number of rotatable bonds is 6. The lowest BCUT2D eigenvalue weighted by molar-refractivity contribution is 0.0697. The lowest BCUT2D eigenvalue weighted by Crippen LogP contribution is -2.34. The number of halogens is 2. The first-order chi connectivity index (χ1) is 13.2. The van der Waals surface area contributed by atoms with Crippen molar-refractivity contribution in [2.45, 2.75) is 26.4 Å². The minimum absolute atomic E-state index is 0.0200. The SMILES string of the molecule is CCC(C)Oc1ccc(C(=O)NC(=S)Nc2c(I)cc(I)cc2C(=O)O)cc1. The van der Waals surface area contributed by atoms with Crippen molar-refractivity contribution >= 4 is 80.1 Å². The van der Waals surface area contributed by atoms with Crippen LogP contribution in [0.1, 0.15) is 41.0 Å². The highest BCUT2D eigenvalue weighted by Gasteiger charge is 2.17. The van der Waals surface area contributed by atoms with Crippen LogP contribution in [0.25, 0.3) is 0 Å². The maximum Gasteiger partial charge on any atom is 0.337 e. The van der Waals surface area contributed by atoms with Crippen LogP contribution in [0.3, 0.4) is 0 Å².